The first-order valence-electron chi connectivity index (χ1n) is 7.64. The second kappa shape index (κ2) is 6.23. The van der Waals surface area contributed by atoms with E-state index >= 15 is 0 Å². The summed E-state index contributed by atoms with van der Waals surface area (Å²) in [5.41, 5.74) is -0.559. The van der Waals surface area contributed by atoms with Gasteiger partial charge in [0.25, 0.3) is 0 Å². The molecule has 0 aromatic heterocycles. The number of carboxylic acids is 1. The summed E-state index contributed by atoms with van der Waals surface area (Å²) >= 11 is 0. The normalized spacial score (nSPS) is 37.2. The van der Waals surface area contributed by atoms with Gasteiger partial charge in [0.05, 0.1) is 11.5 Å². The van der Waals surface area contributed by atoms with Crippen molar-refractivity contribution >= 4 is 5.97 Å². The maximum Gasteiger partial charge on any atom is 0.310 e. The van der Waals surface area contributed by atoms with Crippen LogP contribution in [0.1, 0.15) is 52.4 Å². The van der Waals surface area contributed by atoms with Gasteiger partial charge in [-0.15, -0.1) is 0 Å². The summed E-state index contributed by atoms with van der Waals surface area (Å²) in [5, 5.41) is 9.40. The van der Waals surface area contributed by atoms with Crippen LogP contribution >= 0.6 is 0 Å². The molecule has 0 spiro atoms. The van der Waals surface area contributed by atoms with Crippen LogP contribution < -0.4 is 0 Å². The SMILES string of the molecule is CCCC1CC(N2CCCC(C)(C(=O)O)C2)CCO1. The molecule has 0 aliphatic carbocycles. The van der Waals surface area contributed by atoms with Crippen LogP contribution in [-0.2, 0) is 9.53 Å². The second-order valence-corrected chi connectivity index (χ2v) is 6.40. The molecular weight excluding hydrogens is 242 g/mol. The van der Waals surface area contributed by atoms with E-state index in [2.05, 4.69) is 11.8 Å². The molecule has 2 rings (SSSR count). The minimum atomic E-state index is -0.644. The summed E-state index contributed by atoms with van der Waals surface area (Å²) in [6.45, 7) is 6.66. The van der Waals surface area contributed by atoms with Crippen LogP contribution in [0.5, 0.6) is 0 Å². The van der Waals surface area contributed by atoms with E-state index in [0.717, 1.165) is 51.7 Å². The molecule has 2 fully saturated rings. The smallest absolute Gasteiger partial charge is 0.310 e. The molecule has 2 saturated heterocycles. The molecule has 3 unspecified atom stereocenters. The zero-order valence-corrected chi connectivity index (χ0v) is 12.2. The van der Waals surface area contributed by atoms with E-state index in [1.807, 2.05) is 6.92 Å². The average Bonchev–Trinajstić information content (AvgIpc) is 2.39. The van der Waals surface area contributed by atoms with E-state index in [1.165, 1.54) is 0 Å². The fraction of sp³-hybridized carbons (Fsp3) is 0.933. The van der Waals surface area contributed by atoms with Crippen molar-refractivity contribution in [2.75, 3.05) is 19.7 Å². The van der Waals surface area contributed by atoms with Crippen LogP contribution in [0.4, 0.5) is 0 Å². The Morgan fingerprint density at radius 1 is 1.53 bits per heavy atom. The Labute approximate surface area is 116 Å². The average molecular weight is 269 g/mol. The van der Waals surface area contributed by atoms with Gasteiger partial charge in [0.15, 0.2) is 0 Å². The molecule has 0 bridgehead atoms. The summed E-state index contributed by atoms with van der Waals surface area (Å²) in [5.74, 6) is -0.644. The van der Waals surface area contributed by atoms with E-state index in [9.17, 15) is 9.90 Å². The summed E-state index contributed by atoms with van der Waals surface area (Å²) in [4.78, 5) is 13.8. The van der Waals surface area contributed by atoms with E-state index in [4.69, 9.17) is 4.74 Å². The molecule has 110 valence electrons. The molecule has 19 heavy (non-hydrogen) atoms. The first kappa shape index (κ1) is 14.8. The predicted molar refractivity (Wildman–Crippen MR) is 74.2 cm³/mol. The maximum atomic E-state index is 11.4. The zero-order valence-electron chi connectivity index (χ0n) is 12.2. The lowest BCUT2D eigenvalue weighted by Crippen LogP contribution is -2.52. The molecular formula is C15H27NO3. The summed E-state index contributed by atoms with van der Waals surface area (Å²) in [6, 6.07) is 0.518. The Hall–Kier alpha value is -0.610. The third-order valence-corrected chi connectivity index (χ3v) is 4.71. The number of ether oxygens (including phenoxy) is 1. The molecule has 3 atom stereocenters. The molecule has 0 amide bonds. The molecule has 2 aliphatic heterocycles. The highest BCUT2D eigenvalue weighted by atomic mass is 16.5. The largest absolute Gasteiger partial charge is 0.481 e. The van der Waals surface area contributed by atoms with Gasteiger partial charge in [0, 0.05) is 19.2 Å². The van der Waals surface area contributed by atoms with Crippen molar-refractivity contribution in [1.82, 2.24) is 4.90 Å². The fourth-order valence-corrected chi connectivity index (χ4v) is 3.48. The third-order valence-electron chi connectivity index (χ3n) is 4.71. The molecule has 0 saturated carbocycles. The Morgan fingerprint density at radius 3 is 3.00 bits per heavy atom. The second-order valence-electron chi connectivity index (χ2n) is 6.40. The molecule has 0 radical (unpaired) electrons. The summed E-state index contributed by atoms with van der Waals surface area (Å²) in [6.07, 6.45) is 6.59. The van der Waals surface area contributed by atoms with Gasteiger partial charge >= 0.3 is 5.97 Å². The number of piperidine rings is 1. The van der Waals surface area contributed by atoms with E-state index in [1.54, 1.807) is 0 Å². The van der Waals surface area contributed by atoms with Crippen molar-refractivity contribution in [2.24, 2.45) is 5.41 Å². The number of aliphatic carboxylic acids is 1. The predicted octanol–water partition coefficient (Wildman–Crippen LogP) is 2.52. The lowest BCUT2D eigenvalue weighted by Gasteiger charge is -2.44. The highest BCUT2D eigenvalue weighted by Gasteiger charge is 2.40. The Morgan fingerprint density at radius 2 is 2.32 bits per heavy atom. The van der Waals surface area contributed by atoms with Gasteiger partial charge in [0.2, 0.25) is 0 Å². The minimum absolute atomic E-state index is 0.377. The van der Waals surface area contributed by atoms with Crippen molar-refractivity contribution in [3.05, 3.63) is 0 Å². The van der Waals surface area contributed by atoms with E-state index in [-0.39, 0.29) is 0 Å². The molecule has 0 aromatic rings. The number of likely N-dealkylation sites (tertiary alicyclic amines) is 1. The van der Waals surface area contributed by atoms with E-state index < -0.39 is 11.4 Å². The molecule has 2 heterocycles. The minimum Gasteiger partial charge on any atom is -0.481 e. The van der Waals surface area contributed by atoms with Crippen LogP contribution in [0.15, 0.2) is 0 Å². The third kappa shape index (κ3) is 3.48. The molecule has 2 aliphatic rings. The van der Waals surface area contributed by atoms with Crippen molar-refractivity contribution in [3.8, 4) is 0 Å². The number of nitrogens with zero attached hydrogens (tertiary/aromatic N) is 1. The lowest BCUT2D eigenvalue weighted by molar-refractivity contribution is -0.152. The molecule has 4 heteroatoms. The number of rotatable bonds is 4. The Kier molecular flexibility index (Phi) is 4.85. The molecule has 1 N–H and O–H groups in total. The first-order valence-corrected chi connectivity index (χ1v) is 7.64. The molecule has 4 nitrogen and oxygen atoms in total. The highest BCUT2D eigenvalue weighted by molar-refractivity contribution is 5.74. The van der Waals surface area contributed by atoms with Crippen LogP contribution in [0, 0.1) is 5.41 Å². The van der Waals surface area contributed by atoms with Crippen LogP contribution in [-0.4, -0.2) is 47.8 Å². The summed E-state index contributed by atoms with van der Waals surface area (Å²) < 4.78 is 5.80. The van der Waals surface area contributed by atoms with Crippen molar-refractivity contribution in [3.63, 3.8) is 0 Å². The van der Waals surface area contributed by atoms with Gasteiger partial charge < -0.3 is 9.84 Å². The Bertz CT molecular complexity index is 319. The topological polar surface area (TPSA) is 49.8 Å². The number of carboxylic acid groups (broad SMARTS) is 1. The first-order chi connectivity index (χ1) is 9.05. The van der Waals surface area contributed by atoms with Crippen molar-refractivity contribution < 1.29 is 14.6 Å². The van der Waals surface area contributed by atoms with Crippen molar-refractivity contribution in [2.45, 2.75) is 64.5 Å². The zero-order chi connectivity index (χ0) is 13.9. The van der Waals surface area contributed by atoms with Gasteiger partial charge in [-0.25, -0.2) is 0 Å². The maximum absolute atomic E-state index is 11.4. The quantitative estimate of drug-likeness (QED) is 0.852. The lowest BCUT2D eigenvalue weighted by atomic mass is 9.80. The number of hydrogen-bond acceptors (Lipinski definition) is 3. The van der Waals surface area contributed by atoms with Crippen LogP contribution in [0.3, 0.4) is 0 Å². The highest BCUT2D eigenvalue weighted by Crippen LogP contribution is 2.33. The molecule has 0 aromatic carbocycles. The summed E-state index contributed by atoms with van der Waals surface area (Å²) in [7, 11) is 0. The number of carbonyl (C=O) groups is 1. The standard InChI is InChI=1S/C15H27NO3/c1-3-5-13-10-12(6-9-19-13)16-8-4-7-15(2,11-16)14(17)18/h12-13H,3-11H2,1-2H3,(H,17,18). The van der Waals surface area contributed by atoms with Gasteiger partial charge in [-0.2, -0.15) is 0 Å². The van der Waals surface area contributed by atoms with Crippen LogP contribution in [0.25, 0.3) is 0 Å². The fourth-order valence-electron chi connectivity index (χ4n) is 3.48. The van der Waals surface area contributed by atoms with Gasteiger partial charge in [-0.05, 0) is 45.6 Å². The van der Waals surface area contributed by atoms with Crippen LogP contribution in [0.2, 0.25) is 0 Å². The van der Waals surface area contributed by atoms with E-state index in [0.29, 0.717) is 18.7 Å². The Balaban J connectivity index is 1.95. The van der Waals surface area contributed by atoms with Gasteiger partial charge in [-0.1, -0.05) is 13.3 Å². The van der Waals surface area contributed by atoms with Gasteiger partial charge in [-0.3, -0.25) is 9.69 Å². The number of hydrogen-bond donors (Lipinski definition) is 1. The monoisotopic (exact) mass is 269 g/mol. The van der Waals surface area contributed by atoms with Gasteiger partial charge in [0.1, 0.15) is 0 Å². The van der Waals surface area contributed by atoms with Crippen molar-refractivity contribution in [1.29, 1.82) is 0 Å².